The first-order chi connectivity index (χ1) is 11.8. The number of ether oxygens (including phenoxy) is 1. The molecule has 136 valence electrons. The molecule has 1 aromatic heterocycles. The number of piperidine rings is 1. The van der Waals surface area contributed by atoms with Gasteiger partial charge in [0.15, 0.2) is 5.96 Å². The number of furan rings is 1. The topological polar surface area (TPSA) is 62.0 Å². The van der Waals surface area contributed by atoms with Crippen LogP contribution in [0.1, 0.15) is 44.4 Å². The molecule has 0 aliphatic carbocycles. The van der Waals surface area contributed by atoms with Crippen molar-refractivity contribution in [2.24, 2.45) is 4.99 Å². The first-order valence-electron chi connectivity index (χ1n) is 9.13. The van der Waals surface area contributed by atoms with Gasteiger partial charge in [0.1, 0.15) is 5.76 Å². The van der Waals surface area contributed by atoms with Crippen LogP contribution in [0, 0.1) is 0 Å². The Hall–Kier alpha value is -1.53. The fourth-order valence-corrected chi connectivity index (χ4v) is 3.04. The third-order valence-electron chi connectivity index (χ3n) is 4.29. The molecule has 1 atom stereocenters. The maximum Gasteiger partial charge on any atom is 0.191 e. The zero-order chi connectivity index (χ0) is 17.0. The highest BCUT2D eigenvalue weighted by Gasteiger charge is 2.24. The Morgan fingerprint density at radius 1 is 1.33 bits per heavy atom. The predicted octanol–water partition coefficient (Wildman–Crippen LogP) is 2.40. The van der Waals surface area contributed by atoms with Crippen LogP contribution in [0.25, 0.3) is 0 Å². The lowest BCUT2D eigenvalue weighted by molar-refractivity contribution is 0.150. The summed E-state index contributed by atoms with van der Waals surface area (Å²) in [5.74, 6) is 1.87. The van der Waals surface area contributed by atoms with Gasteiger partial charge >= 0.3 is 0 Å². The molecule has 0 radical (unpaired) electrons. The Labute approximate surface area is 145 Å². The lowest BCUT2D eigenvalue weighted by Gasteiger charge is -2.32. The minimum absolute atomic E-state index is 0.217. The highest BCUT2D eigenvalue weighted by Crippen LogP contribution is 2.25. The van der Waals surface area contributed by atoms with Gasteiger partial charge in [-0.2, -0.15) is 0 Å². The van der Waals surface area contributed by atoms with Crippen molar-refractivity contribution < 1.29 is 9.15 Å². The Morgan fingerprint density at radius 3 is 2.83 bits per heavy atom. The fourth-order valence-electron chi connectivity index (χ4n) is 3.04. The van der Waals surface area contributed by atoms with E-state index in [4.69, 9.17) is 14.1 Å². The van der Waals surface area contributed by atoms with Gasteiger partial charge in [0.25, 0.3) is 0 Å². The van der Waals surface area contributed by atoms with E-state index in [-0.39, 0.29) is 6.04 Å². The number of aliphatic imine (C=N–C) groups is 1. The van der Waals surface area contributed by atoms with Gasteiger partial charge in [-0.1, -0.05) is 6.42 Å². The molecule has 0 aromatic carbocycles. The summed E-state index contributed by atoms with van der Waals surface area (Å²) in [6, 6.07) is 4.24. The molecule has 1 fully saturated rings. The molecule has 1 aliphatic heterocycles. The maximum absolute atomic E-state index is 5.69. The van der Waals surface area contributed by atoms with E-state index in [1.54, 1.807) is 13.4 Å². The third-order valence-corrected chi connectivity index (χ3v) is 4.29. The van der Waals surface area contributed by atoms with E-state index >= 15 is 0 Å². The summed E-state index contributed by atoms with van der Waals surface area (Å²) < 4.78 is 10.8. The van der Waals surface area contributed by atoms with E-state index in [9.17, 15) is 0 Å². The molecule has 1 unspecified atom stereocenters. The highest BCUT2D eigenvalue weighted by molar-refractivity contribution is 5.79. The Balaban J connectivity index is 1.97. The van der Waals surface area contributed by atoms with E-state index in [1.165, 1.54) is 19.3 Å². The molecule has 0 saturated carbocycles. The normalized spacial score (nSPS) is 17.7. The Morgan fingerprint density at radius 2 is 2.17 bits per heavy atom. The maximum atomic E-state index is 5.69. The van der Waals surface area contributed by atoms with E-state index in [2.05, 4.69) is 28.5 Å². The third kappa shape index (κ3) is 6.17. The first-order valence-corrected chi connectivity index (χ1v) is 9.13. The molecule has 0 amide bonds. The second-order valence-electron chi connectivity index (χ2n) is 6.12. The van der Waals surface area contributed by atoms with Crippen LogP contribution in [-0.2, 0) is 4.74 Å². The average Bonchev–Trinajstić information content (AvgIpc) is 3.14. The van der Waals surface area contributed by atoms with Crippen LogP contribution in [-0.4, -0.2) is 57.3 Å². The lowest BCUT2D eigenvalue weighted by Crippen LogP contribution is -2.40. The van der Waals surface area contributed by atoms with Crippen molar-refractivity contribution in [3.05, 3.63) is 24.2 Å². The van der Waals surface area contributed by atoms with Crippen LogP contribution in [0.2, 0.25) is 0 Å². The molecule has 2 heterocycles. The van der Waals surface area contributed by atoms with Gasteiger partial charge in [0, 0.05) is 26.8 Å². The molecule has 0 bridgehead atoms. The number of rotatable bonds is 9. The molecule has 6 heteroatoms. The van der Waals surface area contributed by atoms with Gasteiger partial charge in [0.05, 0.1) is 18.8 Å². The summed E-state index contributed by atoms with van der Waals surface area (Å²) in [6.07, 6.45) is 6.57. The van der Waals surface area contributed by atoms with Crippen molar-refractivity contribution in [3.8, 4) is 0 Å². The molecule has 2 N–H and O–H groups in total. The van der Waals surface area contributed by atoms with Gasteiger partial charge in [-0.05, 0) is 51.4 Å². The molecular weight excluding hydrogens is 304 g/mol. The number of nitrogens with one attached hydrogen (secondary N) is 2. The van der Waals surface area contributed by atoms with Gasteiger partial charge in [-0.3, -0.25) is 9.89 Å². The minimum Gasteiger partial charge on any atom is -0.468 e. The molecule has 24 heavy (non-hydrogen) atoms. The highest BCUT2D eigenvalue weighted by atomic mass is 16.5. The van der Waals surface area contributed by atoms with Gasteiger partial charge in [-0.15, -0.1) is 0 Å². The van der Waals surface area contributed by atoms with Crippen LogP contribution in [0.3, 0.4) is 0 Å². The van der Waals surface area contributed by atoms with E-state index in [0.29, 0.717) is 6.54 Å². The summed E-state index contributed by atoms with van der Waals surface area (Å²) >= 11 is 0. The molecule has 1 saturated heterocycles. The largest absolute Gasteiger partial charge is 0.468 e. The molecule has 0 spiro atoms. The van der Waals surface area contributed by atoms with Crippen molar-refractivity contribution >= 4 is 5.96 Å². The SMILES string of the molecule is CCNC(=NCC(c1ccco1)N1CCCCC1)NCCCOC. The number of hydrogen-bond acceptors (Lipinski definition) is 4. The number of likely N-dealkylation sites (tertiary alicyclic amines) is 1. The van der Waals surface area contributed by atoms with Crippen molar-refractivity contribution in [2.75, 3.05) is 46.4 Å². The lowest BCUT2D eigenvalue weighted by atomic mass is 10.1. The Bertz CT molecular complexity index is 456. The molecule has 1 aliphatic rings. The number of hydrogen-bond donors (Lipinski definition) is 2. The first kappa shape index (κ1) is 18.8. The Kier molecular flexibility index (Phi) is 8.70. The monoisotopic (exact) mass is 336 g/mol. The quantitative estimate of drug-likeness (QED) is 0.412. The van der Waals surface area contributed by atoms with E-state index < -0.39 is 0 Å². The van der Waals surface area contributed by atoms with Crippen LogP contribution < -0.4 is 10.6 Å². The number of methoxy groups -OCH3 is 1. The molecule has 2 rings (SSSR count). The molecule has 6 nitrogen and oxygen atoms in total. The summed E-state index contributed by atoms with van der Waals surface area (Å²) in [6.45, 7) is 7.50. The van der Waals surface area contributed by atoms with E-state index in [1.807, 2.05) is 6.07 Å². The van der Waals surface area contributed by atoms with E-state index in [0.717, 1.165) is 50.9 Å². The zero-order valence-corrected chi connectivity index (χ0v) is 15.1. The van der Waals surface area contributed by atoms with Crippen molar-refractivity contribution in [1.29, 1.82) is 0 Å². The van der Waals surface area contributed by atoms with Crippen molar-refractivity contribution in [2.45, 2.75) is 38.6 Å². The summed E-state index contributed by atoms with van der Waals surface area (Å²) in [7, 11) is 1.73. The summed E-state index contributed by atoms with van der Waals surface area (Å²) in [4.78, 5) is 7.29. The van der Waals surface area contributed by atoms with Crippen LogP contribution in [0.5, 0.6) is 0 Å². The second kappa shape index (κ2) is 11.1. The van der Waals surface area contributed by atoms with Gasteiger partial charge in [-0.25, -0.2) is 0 Å². The van der Waals surface area contributed by atoms with Gasteiger partial charge in [0.2, 0.25) is 0 Å². The van der Waals surface area contributed by atoms with Crippen LogP contribution in [0.15, 0.2) is 27.8 Å². The van der Waals surface area contributed by atoms with Gasteiger partial charge < -0.3 is 19.8 Å². The van der Waals surface area contributed by atoms with Crippen molar-refractivity contribution in [1.82, 2.24) is 15.5 Å². The predicted molar refractivity (Wildman–Crippen MR) is 97.3 cm³/mol. The number of guanidine groups is 1. The molecular formula is C18H32N4O2. The summed E-state index contributed by atoms with van der Waals surface area (Å²) in [5, 5.41) is 6.68. The summed E-state index contributed by atoms with van der Waals surface area (Å²) in [5.41, 5.74) is 0. The standard InChI is InChI=1S/C18H32N4O2/c1-3-19-18(20-10-8-13-23-2)21-15-16(17-9-7-14-24-17)22-11-5-4-6-12-22/h7,9,14,16H,3-6,8,10-13,15H2,1-2H3,(H2,19,20,21). The second-order valence-corrected chi connectivity index (χ2v) is 6.12. The smallest absolute Gasteiger partial charge is 0.191 e. The zero-order valence-electron chi connectivity index (χ0n) is 15.1. The van der Waals surface area contributed by atoms with Crippen LogP contribution >= 0.6 is 0 Å². The number of nitrogens with zero attached hydrogens (tertiary/aromatic N) is 2. The molecule has 1 aromatic rings. The average molecular weight is 336 g/mol. The minimum atomic E-state index is 0.217. The fraction of sp³-hybridized carbons (Fsp3) is 0.722. The van der Waals surface area contributed by atoms with Crippen LogP contribution in [0.4, 0.5) is 0 Å². The van der Waals surface area contributed by atoms with Crippen molar-refractivity contribution in [3.63, 3.8) is 0 Å².